The Morgan fingerprint density at radius 1 is 0.661 bits per heavy atom. The van der Waals surface area contributed by atoms with Crippen molar-refractivity contribution in [1.29, 1.82) is 0 Å². The number of hydrogen-bond donors (Lipinski definition) is 0. The number of nitrogens with zero attached hydrogens (tertiary/aromatic N) is 1. The molecule has 4 unspecified atom stereocenters. The van der Waals surface area contributed by atoms with E-state index in [9.17, 15) is 0 Å². The van der Waals surface area contributed by atoms with Gasteiger partial charge in [-0.15, -0.1) is 0 Å². The summed E-state index contributed by atoms with van der Waals surface area (Å²) in [7, 11) is -1.97. The summed E-state index contributed by atoms with van der Waals surface area (Å²) < 4.78 is 16.2. The Bertz CT molecular complexity index is 1890. The second-order valence-corrected chi connectivity index (χ2v) is 26.0. The second-order valence-electron chi connectivity index (χ2n) is 21.5. The minimum Gasteiger partial charge on any atom is -0.493 e. The standard InChI is InChI=1S/C55H81NO2Si/c1-16-18-20-24-28-57-51-38(4)30-42(31-39(51)5)55(43-32-40(6)52(41(7)33-43)58-29-25-21-19-17-2)48-27-23-22-26-44(48)46-35-47-45(36-49(46)55)37(3)34-50(47)59(14,15)56(53(8,9)10)54(11,12)13/h22-23,26-27,30-33,35-37,45,47,50H,16-21,24-25,28-29,34H2,1-15H3. The number of unbranched alkanes of at least 4 members (excludes halogenated alkanes) is 6. The molecule has 0 bridgehead atoms. The van der Waals surface area contributed by atoms with E-state index < -0.39 is 13.7 Å². The third-order valence-corrected chi connectivity index (χ3v) is 19.3. The highest BCUT2D eigenvalue weighted by atomic mass is 28.3. The van der Waals surface area contributed by atoms with E-state index in [4.69, 9.17) is 9.47 Å². The number of rotatable bonds is 16. The maximum atomic E-state index is 6.60. The van der Waals surface area contributed by atoms with Gasteiger partial charge in [-0.2, -0.15) is 0 Å². The van der Waals surface area contributed by atoms with E-state index >= 15 is 0 Å². The maximum absolute atomic E-state index is 6.60. The van der Waals surface area contributed by atoms with Crippen molar-refractivity contribution in [2.24, 2.45) is 17.8 Å². The highest BCUT2D eigenvalue weighted by molar-refractivity contribution is 6.76. The zero-order chi connectivity index (χ0) is 43.1. The molecule has 3 aliphatic rings. The van der Waals surface area contributed by atoms with Crippen LogP contribution in [-0.2, 0) is 5.41 Å². The second kappa shape index (κ2) is 17.7. The summed E-state index contributed by atoms with van der Waals surface area (Å²) in [6.45, 7) is 37.8. The first-order valence-electron chi connectivity index (χ1n) is 23.6. The van der Waals surface area contributed by atoms with Crippen LogP contribution in [0.5, 0.6) is 11.5 Å². The molecule has 59 heavy (non-hydrogen) atoms. The molecule has 4 heteroatoms. The summed E-state index contributed by atoms with van der Waals surface area (Å²) >= 11 is 0. The van der Waals surface area contributed by atoms with E-state index in [1.54, 1.807) is 0 Å². The Morgan fingerprint density at radius 3 is 1.59 bits per heavy atom. The molecule has 6 rings (SSSR count). The van der Waals surface area contributed by atoms with Crippen LogP contribution in [0.25, 0.3) is 5.57 Å². The molecule has 1 saturated carbocycles. The molecule has 322 valence electrons. The first-order chi connectivity index (χ1) is 27.8. The molecule has 0 heterocycles. The van der Waals surface area contributed by atoms with Crippen LogP contribution in [0.4, 0.5) is 0 Å². The number of ether oxygens (including phenoxy) is 2. The average molecular weight is 816 g/mol. The van der Waals surface area contributed by atoms with Crippen LogP contribution < -0.4 is 9.47 Å². The van der Waals surface area contributed by atoms with E-state index in [1.807, 2.05) is 0 Å². The van der Waals surface area contributed by atoms with Crippen molar-refractivity contribution in [2.45, 2.75) is 183 Å². The van der Waals surface area contributed by atoms with Gasteiger partial charge in [0.25, 0.3) is 0 Å². The van der Waals surface area contributed by atoms with Gasteiger partial charge in [-0.3, -0.25) is 0 Å². The van der Waals surface area contributed by atoms with Gasteiger partial charge < -0.3 is 14.0 Å². The minimum atomic E-state index is -1.97. The normalized spacial score (nSPS) is 21.2. The molecule has 0 N–H and O–H groups in total. The number of fused-ring (bicyclic) bond motifs is 4. The van der Waals surface area contributed by atoms with Gasteiger partial charge in [-0.05, 0) is 167 Å². The first-order valence-corrected chi connectivity index (χ1v) is 26.7. The third-order valence-electron chi connectivity index (χ3n) is 14.3. The highest BCUT2D eigenvalue weighted by Crippen LogP contribution is 2.64. The van der Waals surface area contributed by atoms with Crippen LogP contribution in [0.2, 0.25) is 18.6 Å². The molecule has 3 aromatic rings. The fourth-order valence-corrected chi connectivity index (χ4v) is 18.8. The van der Waals surface area contributed by atoms with Gasteiger partial charge in [-0.25, -0.2) is 0 Å². The Hall–Kier alpha value is -3.08. The lowest BCUT2D eigenvalue weighted by Gasteiger charge is -2.57. The minimum absolute atomic E-state index is 0.0927. The Kier molecular flexibility index (Phi) is 13.6. The van der Waals surface area contributed by atoms with Crippen molar-refractivity contribution >= 4 is 13.8 Å². The van der Waals surface area contributed by atoms with Crippen LogP contribution in [0, 0.1) is 45.4 Å². The Balaban J connectivity index is 1.55. The molecule has 3 aliphatic carbocycles. The van der Waals surface area contributed by atoms with Crippen LogP contribution in [0.3, 0.4) is 0 Å². The van der Waals surface area contributed by atoms with E-state index in [0.717, 1.165) is 37.6 Å². The molecule has 0 aliphatic heterocycles. The molecular formula is C55H81NO2Si. The fraction of sp³-hybridized carbons (Fsp3) is 0.600. The Labute approximate surface area is 362 Å². The van der Waals surface area contributed by atoms with Crippen LogP contribution in [0.1, 0.15) is 165 Å². The number of allylic oxidation sites excluding steroid dienone is 4. The van der Waals surface area contributed by atoms with Crippen molar-refractivity contribution in [2.75, 3.05) is 13.2 Å². The monoisotopic (exact) mass is 816 g/mol. The van der Waals surface area contributed by atoms with Gasteiger partial charge in [0.1, 0.15) is 19.7 Å². The summed E-state index contributed by atoms with van der Waals surface area (Å²) in [6, 6.07) is 19.3. The quantitative estimate of drug-likeness (QED) is 0.106. The molecule has 4 atom stereocenters. The molecule has 3 nitrogen and oxygen atoms in total. The van der Waals surface area contributed by atoms with Crippen LogP contribution >= 0.6 is 0 Å². The van der Waals surface area contributed by atoms with Gasteiger partial charge in [0, 0.05) is 11.1 Å². The average Bonchev–Trinajstić information content (AvgIpc) is 3.63. The predicted molar refractivity (Wildman–Crippen MR) is 257 cm³/mol. The molecule has 0 aromatic heterocycles. The predicted octanol–water partition coefficient (Wildman–Crippen LogP) is 15.3. The van der Waals surface area contributed by atoms with Gasteiger partial charge in [0.05, 0.1) is 18.6 Å². The Morgan fingerprint density at radius 2 is 1.14 bits per heavy atom. The van der Waals surface area contributed by atoms with E-state index in [2.05, 4.69) is 168 Å². The summed E-state index contributed by atoms with van der Waals surface area (Å²) in [5.41, 5.74) is 13.7. The summed E-state index contributed by atoms with van der Waals surface area (Å²) in [5.74, 6) is 3.72. The first kappa shape index (κ1) is 45.4. The molecule has 0 saturated heterocycles. The van der Waals surface area contributed by atoms with E-state index in [1.165, 1.54) is 101 Å². The smallest absolute Gasteiger partial charge is 0.126 e. The number of aryl methyl sites for hydroxylation is 4. The van der Waals surface area contributed by atoms with Crippen molar-refractivity contribution in [3.63, 3.8) is 0 Å². The van der Waals surface area contributed by atoms with Crippen molar-refractivity contribution in [3.8, 4) is 11.5 Å². The molecule has 0 amide bonds. The lowest BCUT2D eigenvalue weighted by Crippen LogP contribution is -2.67. The SMILES string of the molecule is CCCCCCOc1c(C)cc(C2(c3cc(C)c(OCCCCCC)c(C)c3)C3=CC4C(C)CC([Si](C)(C)N(C(C)(C)C)C(C)(C)C)C4C=C3c3ccccc32)cc1C. The largest absolute Gasteiger partial charge is 0.493 e. The zero-order valence-electron chi connectivity index (χ0n) is 40.1. The molecule has 1 fully saturated rings. The molecule has 3 aromatic carbocycles. The van der Waals surface area contributed by atoms with E-state index in [-0.39, 0.29) is 11.1 Å². The van der Waals surface area contributed by atoms with Crippen LogP contribution in [0.15, 0.2) is 66.3 Å². The lowest BCUT2D eigenvalue weighted by molar-refractivity contribution is 0.122. The summed E-state index contributed by atoms with van der Waals surface area (Å²) in [4.78, 5) is 0. The van der Waals surface area contributed by atoms with Crippen molar-refractivity contribution < 1.29 is 9.47 Å². The van der Waals surface area contributed by atoms with Gasteiger partial charge in [-0.1, -0.05) is 133 Å². The van der Waals surface area contributed by atoms with Gasteiger partial charge >= 0.3 is 0 Å². The van der Waals surface area contributed by atoms with Crippen LogP contribution in [-0.4, -0.2) is 37.1 Å². The van der Waals surface area contributed by atoms with Crippen molar-refractivity contribution in [1.82, 2.24) is 4.57 Å². The van der Waals surface area contributed by atoms with Gasteiger partial charge in [0.15, 0.2) is 0 Å². The van der Waals surface area contributed by atoms with Gasteiger partial charge in [0.2, 0.25) is 0 Å². The number of benzene rings is 3. The summed E-state index contributed by atoms with van der Waals surface area (Å²) in [5, 5.41) is 0. The zero-order valence-corrected chi connectivity index (χ0v) is 41.1. The summed E-state index contributed by atoms with van der Waals surface area (Å²) in [6.07, 6.45) is 16.5. The maximum Gasteiger partial charge on any atom is 0.126 e. The number of hydrogen-bond acceptors (Lipinski definition) is 3. The lowest BCUT2D eigenvalue weighted by atomic mass is 9.64. The topological polar surface area (TPSA) is 21.7 Å². The van der Waals surface area contributed by atoms with E-state index in [0.29, 0.717) is 23.3 Å². The molecular weight excluding hydrogens is 735 g/mol. The molecule has 0 radical (unpaired) electrons. The fourth-order valence-electron chi connectivity index (χ4n) is 12.8. The molecule has 0 spiro atoms. The third kappa shape index (κ3) is 8.57. The highest BCUT2D eigenvalue weighted by Gasteiger charge is 2.57. The van der Waals surface area contributed by atoms with Crippen molar-refractivity contribution in [3.05, 3.63) is 111 Å².